The quantitative estimate of drug-likeness (QED) is 0.673. The van der Waals surface area contributed by atoms with Gasteiger partial charge in [0.15, 0.2) is 5.78 Å². The maximum absolute atomic E-state index is 13.7. The predicted octanol–water partition coefficient (Wildman–Crippen LogP) is 5.54. The van der Waals surface area contributed by atoms with Crippen LogP contribution < -0.4 is 0 Å². The zero-order valence-electron chi connectivity index (χ0n) is 20.2. The van der Waals surface area contributed by atoms with Crippen LogP contribution >= 0.6 is 0 Å². The summed E-state index contributed by atoms with van der Waals surface area (Å²) in [6, 6.07) is 8.22. The van der Waals surface area contributed by atoms with Gasteiger partial charge in [-0.05, 0) is 112 Å². The molecule has 9 atom stereocenters. The molecule has 0 spiro atoms. The zero-order valence-corrected chi connectivity index (χ0v) is 20.2. The van der Waals surface area contributed by atoms with Crippen molar-refractivity contribution >= 4 is 16.7 Å². The number of nitrogens with zero attached hydrogens (tertiary/aromatic N) is 2. The summed E-state index contributed by atoms with van der Waals surface area (Å²) in [7, 11) is 0. The van der Waals surface area contributed by atoms with Crippen LogP contribution in [-0.4, -0.2) is 26.3 Å². The highest BCUT2D eigenvalue weighted by Gasteiger charge is 2.65. The van der Waals surface area contributed by atoms with Crippen molar-refractivity contribution in [1.29, 1.82) is 0 Å². The van der Waals surface area contributed by atoms with Crippen LogP contribution in [0.15, 0.2) is 24.3 Å². The predicted molar refractivity (Wildman–Crippen MR) is 129 cm³/mol. The lowest BCUT2D eigenvalue weighted by atomic mass is 9.49. The summed E-state index contributed by atoms with van der Waals surface area (Å²) in [5.74, 6) is 5.19. The summed E-state index contributed by atoms with van der Waals surface area (Å²) < 4.78 is 1.96. The van der Waals surface area contributed by atoms with Gasteiger partial charge >= 0.3 is 0 Å². The maximum Gasteiger partial charge on any atom is 0.157 e. The fraction of sp³-hybridized carbons (Fsp3) is 0.724. The first-order valence-electron chi connectivity index (χ1n) is 13.6. The lowest BCUT2D eigenvalue weighted by Gasteiger charge is -2.56. The summed E-state index contributed by atoms with van der Waals surface area (Å²) in [4.78, 5) is 13.7. The molecule has 4 nitrogen and oxygen atoms in total. The molecule has 5 aliphatic rings. The zero-order chi connectivity index (χ0) is 22.5. The Morgan fingerprint density at radius 2 is 1.73 bits per heavy atom. The number of benzene rings is 1. The molecule has 1 heterocycles. The Morgan fingerprint density at radius 1 is 1.00 bits per heavy atom. The van der Waals surface area contributed by atoms with Crippen LogP contribution in [0, 0.1) is 53.8 Å². The van der Waals surface area contributed by atoms with Gasteiger partial charge in [-0.15, -0.1) is 0 Å². The topological polar surface area (TPSA) is 55.1 Å². The number of hydrogen-bond donors (Lipinski definition) is 1. The van der Waals surface area contributed by atoms with E-state index in [-0.39, 0.29) is 16.9 Å². The second-order valence-electron chi connectivity index (χ2n) is 12.7. The molecule has 1 aromatic heterocycles. The molecular formula is C29H38N2O2. The molecule has 1 N–H and O–H groups in total. The van der Waals surface area contributed by atoms with Gasteiger partial charge in [0.2, 0.25) is 0 Å². The molecule has 0 radical (unpaired) electrons. The number of fused-ring (bicyclic) bond motifs is 8. The van der Waals surface area contributed by atoms with Gasteiger partial charge in [-0.2, -0.15) is 5.10 Å². The van der Waals surface area contributed by atoms with Crippen LogP contribution in [0.1, 0.15) is 70.4 Å². The Hall–Kier alpha value is -1.68. The molecular weight excluding hydrogens is 408 g/mol. The first-order chi connectivity index (χ1) is 15.9. The van der Waals surface area contributed by atoms with Crippen LogP contribution in [0.2, 0.25) is 0 Å². The Morgan fingerprint density at radius 3 is 2.52 bits per heavy atom. The Labute approximate surface area is 197 Å². The number of carbonyl (C=O) groups excluding carboxylic acids is 1. The highest BCUT2D eigenvalue weighted by molar-refractivity contribution is 5.84. The van der Waals surface area contributed by atoms with Crippen LogP contribution in [0.5, 0.6) is 0 Å². The SMILES string of the molecule is Cc1c2ccccc2nn1CC(=O)[C@H]1CC[C@H]2[C@@H]3CC[C@@H]4C5C[C@@]5(O)CC[C@@H]4[C@H]3CC[C@]12C. The second kappa shape index (κ2) is 6.93. The summed E-state index contributed by atoms with van der Waals surface area (Å²) in [5, 5.41) is 16.6. The van der Waals surface area contributed by atoms with Crippen molar-refractivity contribution in [3.63, 3.8) is 0 Å². The van der Waals surface area contributed by atoms with Crippen molar-refractivity contribution in [2.45, 2.75) is 83.8 Å². The van der Waals surface area contributed by atoms with Crippen molar-refractivity contribution in [3.05, 3.63) is 30.0 Å². The monoisotopic (exact) mass is 446 g/mol. The molecule has 1 unspecified atom stereocenters. The van der Waals surface area contributed by atoms with E-state index >= 15 is 0 Å². The van der Waals surface area contributed by atoms with E-state index in [9.17, 15) is 9.90 Å². The molecule has 176 valence electrons. The van der Waals surface area contributed by atoms with E-state index < -0.39 is 0 Å². The number of rotatable bonds is 3. The van der Waals surface area contributed by atoms with Gasteiger partial charge in [-0.25, -0.2) is 0 Å². The minimum Gasteiger partial charge on any atom is -0.390 e. The van der Waals surface area contributed by atoms with E-state index in [1.54, 1.807) is 0 Å². The molecule has 4 heteroatoms. The minimum atomic E-state index is -0.280. The molecule has 5 saturated carbocycles. The van der Waals surface area contributed by atoms with Crippen molar-refractivity contribution in [2.24, 2.45) is 46.8 Å². The van der Waals surface area contributed by atoms with Crippen molar-refractivity contribution in [3.8, 4) is 0 Å². The van der Waals surface area contributed by atoms with Crippen molar-refractivity contribution in [1.82, 2.24) is 9.78 Å². The fourth-order valence-electron chi connectivity index (χ4n) is 9.84. The van der Waals surface area contributed by atoms with E-state index in [0.29, 0.717) is 24.2 Å². The lowest BCUT2D eigenvalue weighted by molar-refractivity contribution is -0.131. The molecule has 1 aromatic carbocycles. The lowest BCUT2D eigenvalue weighted by Crippen LogP contribution is -2.50. The van der Waals surface area contributed by atoms with Gasteiger partial charge in [0.05, 0.1) is 11.1 Å². The molecule has 0 aliphatic heterocycles. The van der Waals surface area contributed by atoms with Gasteiger partial charge in [0.1, 0.15) is 6.54 Å². The van der Waals surface area contributed by atoms with Crippen molar-refractivity contribution in [2.75, 3.05) is 0 Å². The molecule has 5 fully saturated rings. The molecule has 33 heavy (non-hydrogen) atoms. The van der Waals surface area contributed by atoms with E-state index in [1.165, 1.54) is 38.5 Å². The Balaban J connectivity index is 1.11. The van der Waals surface area contributed by atoms with Gasteiger partial charge in [0, 0.05) is 17.0 Å². The minimum absolute atomic E-state index is 0.167. The highest BCUT2D eigenvalue weighted by Crippen LogP contribution is 2.68. The summed E-state index contributed by atoms with van der Waals surface area (Å²) in [5.41, 5.74) is 1.99. The number of carbonyl (C=O) groups is 1. The number of ketones is 1. The average Bonchev–Trinajstić information content (AvgIpc) is 3.24. The van der Waals surface area contributed by atoms with Gasteiger partial charge in [-0.1, -0.05) is 25.1 Å². The first kappa shape index (κ1) is 20.7. The third-order valence-electron chi connectivity index (χ3n) is 11.6. The second-order valence-corrected chi connectivity index (χ2v) is 12.7. The third-order valence-corrected chi connectivity index (χ3v) is 11.6. The number of aryl methyl sites for hydroxylation is 1. The van der Waals surface area contributed by atoms with Crippen LogP contribution in [0.25, 0.3) is 10.9 Å². The van der Waals surface area contributed by atoms with E-state index in [4.69, 9.17) is 5.10 Å². The number of hydrogen-bond acceptors (Lipinski definition) is 3. The summed E-state index contributed by atoms with van der Waals surface area (Å²) >= 11 is 0. The average molecular weight is 447 g/mol. The van der Waals surface area contributed by atoms with Crippen LogP contribution in [-0.2, 0) is 11.3 Å². The summed E-state index contributed by atoms with van der Waals surface area (Å²) in [6.07, 6.45) is 10.8. The van der Waals surface area contributed by atoms with E-state index in [0.717, 1.165) is 59.5 Å². The number of aliphatic hydroxyl groups is 1. The van der Waals surface area contributed by atoms with Crippen molar-refractivity contribution < 1.29 is 9.90 Å². The van der Waals surface area contributed by atoms with Crippen LogP contribution in [0.4, 0.5) is 0 Å². The summed E-state index contributed by atoms with van der Waals surface area (Å²) in [6.45, 7) is 4.98. The largest absolute Gasteiger partial charge is 0.390 e. The van der Waals surface area contributed by atoms with E-state index in [2.05, 4.69) is 26.0 Å². The Kier molecular flexibility index (Phi) is 4.34. The molecule has 7 rings (SSSR count). The molecule has 0 bridgehead atoms. The number of aromatic nitrogens is 2. The smallest absolute Gasteiger partial charge is 0.157 e. The highest BCUT2D eigenvalue weighted by atomic mass is 16.3. The number of Topliss-reactive ketones (excluding diaryl/α,β-unsaturated/α-hetero) is 1. The van der Waals surface area contributed by atoms with Gasteiger partial charge < -0.3 is 5.11 Å². The molecule has 0 amide bonds. The first-order valence-corrected chi connectivity index (χ1v) is 13.6. The molecule has 0 saturated heterocycles. The third kappa shape index (κ3) is 2.85. The Bertz CT molecular complexity index is 1120. The normalized spacial score (nSPS) is 45.7. The maximum atomic E-state index is 13.7. The van der Waals surface area contributed by atoms with Crippen LogP contribution in [0.3, 0.4) is 0 Å². The molecule has 5 aliphatic carbocycles. The fourth-order valence-corrected chi connectivity index (χ4v) is 9.84. The standard InChI is InChI=1S/C29H38N2O2/c1-17-18-5-3-4-6-26(18)30-31(17)16-27(32)24-10-9-23-21-7-8-22-20(12-14-29(33)15-25(22)29)19(21)11-13-28(23,24)2/h3-6,19-25,33H,7-16H2,1-2H3/t19-,20-,21-,22+,23+,24-,25?,28+,29+/m1/s1. The van der Waals surface area contributed by atoms with Gasteiger partial charge in [0.25, 0.3) is 0 Å². The van der Waals surface area contributed by atoms with E-state index in [1.807, 2.05) is 16.8 Å². The van der Waals surface area contributed by atoms with Gasteiger partial charge in [-0.3, -0.25) is 9.48 Å². The molecule has 2 aromatic rings.